The van der Waals surface area contributed by atoms with Crippen molar-refractivity contribution in [1.29, 1.82) is 0 Å². The van der Waals surface area contributed by atoms with E-state index in [4.69, 9.17) is 5.73 Å². The lowest BCUT2D eigenvalue weighted by Crippen LogP contribution is -2.33. The van der Waals surface area contributed by atoms with E-state index in [0.29, 0.717) is 5.84 Å². The highest BCUT2D eigenvalue weighted by Gasteiger charge is 2.23. The maximum Gasteiger partial charge on any atom is 0.203 e. The van der Waals surface area contributed by atoms with E-state index < -0.39 is 5.92 Å². The summed E-state index contributed by atoms with van der Waals surface area (Å²) in [6.07, 6.45) is 5.28. The lowest BCUT2D eigenvalue weighted by Gasteiger charge is -2.22. The molecule has 0 aliphatic carbocycles. The van der Waals surface area contributed by atoms with Crippen LogP contribution in [0.5, 0.6) is 0 Å². The van der Waals surface area contributed by atoms with Crippen molar-refractivity contribution in [3.8, 4) is 0 Å². The average molecular weight is 247 g/mol. The zero-order chi connectivity index (χ0) is 12.3. The standard InChI is InChI=1S/C12H13N3OS/c1-17-12(16)10-7-8-15(14-11(10)13)9-5-3-2-4-6-9/h2-8,10H,1H3,(H2,13,14). The van der Waals surface area contributed by atoms with Gasteiger partial charge in [-0.15, -0.1) is 0 Å². The molecule has 0 radical (unpaired) electrons. The van der Waals surface area contributed by atoms with Gasteiger partial charge in [0.05, 0.1) is 5.69 Å². The predicted molar refractivity (Wildman–Crippen MR) is 71.7 cm³/mol. The fourth-order valence-electron chi connectivity index (χ4n) is 1.54. The lowest BCUT2D eigenvalue weighted by atomic mass is 10.1. The normalized spacial score (nSPS) is 19.0. The Morgan fingerprint density at radius 2 is 2.12 bits per heavy atom. The van der Waals surface area contributed by atoms with E-state index in [9.17, 15) is 4.79 Å². The van der Waals surface area contributed by atoms with Crippen LogP contribution in [0.1, 0.15) is 0 Å². The van der Waals surface area contributed by atoms with E-state index >= 15 is 0 Å². The Morgan fingerprint density at radius 1 is 1.41 bits per heavy atom. The molecule has 17 heavy (non-hydrogen) atoms. The second-order valence-electron chi connectivity index (χ2n) is 3.55. The summed E-state index contributed by atoms with van der Waals surface area (Å²) >= 11 is 1.16. The van der Waals surface area contributed by atoms with Crippen molar-refractivity contribution in [3.05, 3.63) is 42.6 Å². The molecule has 1 aliphatic rings. The zero-order valence-corrected chi connectivity index (χ0v) is 10.2. The van der Waals surface area contributed by atoms with Crippen molar-refractivity contribution < 1.29 is 4.79 Å². The topological polar surface area (TPSA) is 58.7 Å². The van der Waals surface area contributed by atoms with E-state index in [1.54, 1.807) is 23.5 Å². The first-order valence-corrected chi connectivity index (χ1v) is 6.39. The first-order chi connectivity index (χ1) is 8.22. The summed E-state index contributed by atoms with van der Waals surface area (Å²) in [5, 5.41) is 5.89. The van der Waals surface area contributed by atoms with Crippen LogP contribution in [-0.2, 0) is 4.79 Å². The summed E-state index contributed by atoms with van der Waals surface area (Å²) in [5.74, 6) is -0.0827. The van der Waals surface area contributed by atoms with Crippen LogP contribution in [0.15, 0.2) is 47.7 Å². The lowest BCUT2D eigenvalue weighted by molar-refractivity contribution is -0.111. The van der Waals surface area contributed by atoms with Crippen LogP contribution in [0, 0.1) is 5.92 Å². The summed E-state index contributed by atoms with van der Waals surface area (Å²) < 4.78 is 0. The van der Waals surface area contributed by atoms with Gasteiger partial charge in [0.15, 0.2) is 0 Å². The molecule has 0 fully saturated rings. The van der Waals surface area contributed by atoms with Gasteiger partial charge in [0.2, 0.25) is 5.12 Å². The number of anilines is 1. The van der Waals surface area contributed by atoms with Gasteiger partial charge in [-0.25, -0.2) is 5.01 Å². The van der Waals surface area contributed by atoms with Gasteiger partial charge in [-0.3, -0.25) is 4.79 Å². The largest absolute Gasteiger partial charge is 0.385 e. The Morgan fingerprint density at radius 3 is 2.71 bits per heavy atom. The SMILES string of the molecule is CSC(=O)C1C=CN(c2ccccc2)N=C1N. The van der Waals surface area contributed by atoms with Gasteiger partial charge in [-0.2, -0.15) is 5.10 Å². The number of hydrogen-bond acceptors (Lipinski definition) is 5. The number of nitrogens with two attached hydrogens (primary N) is 1. The van der Waals surface area contributed by atoms with Crippen molar-refractivity contribution in [3.63, 3.8) is 0 Å². The van der Waals surface area contributed by atoms with Gasteiger partial charge >= 0.3 is 0 Å². The second kappa shape index (κ2) is 5.05. The van der Waals surface area contributed by atoms with Crippen LogP contribution in [-0.4, -0.2) is 17.2 Å². The molecule has 0 saturated heterocycles. The number of benzene rings is 1. The van der Waals surface area contributed by atoms with Crippen molar-refractivity contribution in [2.45, 2.75) is 0 Å². The number of carbonyl (C=O) groups is 1. The summed E-state index contributed by atoms with van der Waals surface area (Å²) in [7, 11) is 0. The van der Waals surface area contributed by atoms with Gasteiger partial charge in [0.1, 0.15) is 11.8 Å². The van der Waals surface area contributed by atoms with E-state index in [-0.39, 0.29) is 5.12 Å². The monoisotopic (exact) mass is 247 g/mol. The molecule has 1 aliphatic heterocycles. The molecule has 88 valence electrons. The first-order valence-electron chi connectivity index (χ1n) is 5.17. The molecule has 5 heteroatoms. The maximum atomic E-state index is 11.6. The molecule has 2 N–H and O–H groups in total. The predicted octanol–water partition coefficient (Wildman–Crippen LogP) is 1.80. The molecule has 0 saturated carbocycles. The quantitative estimate of drug-likeness (QED) is 0.865. The number of hydrogen-bond donors (Lipinski definition) is 1. The number of thioether (sulfide) groups is 1. The minimum atomic E-state index is -0.412. The van der Waals surface area contributed by atoms with Crippen molar-refractivity contribution >= 4 is 28.4 Å². The Kier molecular flexibility index (Phi) is 3.49. The van der Waals surface area contributed by atoms with Crippen LogP contribution in [0.2, 0.25) is 0 Å². The fourth-order valence-corrected chi connectivity index (χ4v) is 1.99. The minimum absolute atomic E-state index is 0.00946. The Balaban J connectivity index is 2.20. The van der Waals surface area contributed by atoms with Crippen LogP contribution < -0.4 is 10.7 Å². The van der Waals surface area contributed by atoms with Crippen LogP contribution in [0.4, 0.5) is 5.69 Å². The molecule has 1 aromatic rings. The van der Waals surface area contributed by atoms with E-state index in [0.717, 1.165) is 17.4 Å². The van der Waals surface area contributed by atoms with Crippen molar-refractivity contribution in [1.82, 2.24) is 0 Å². The molecule has 0 aromatic heterocycles. The maximum absolute atomic E-state index is 11.6. The van der Waals surface area contributed by atoms with Gasteiger partial charge in [0.25, 0.3) is 0 Å². The van der Waals surface area contributed by atoms with Gasteiger partial charge in [0, 0.05) is 6.20 Å². The molecule has 1 unspecified atom stereocenters. The van der Waals surface area contributed by atoms with Gasteiger partial charge in [-0.1, -0.05) is 30.0 Å². The molecule has 1 aromatic carbocycles. The van der Waals surface area contributed by atoms with Gasteiger partial charge < -0.3 is 5.73 Å². The molecule has 4 nitrogen and oxygen atoms in total. The van der Waals surface area contributed by atoms with Gasteiger partial charge in [-0.05, 0) is 24.5 Å². The van der Waals surface area contributed by atoms with Crippen LogP contribution in [0.3, 0.4) is 0 Å². The summed E-state index contributed by atoms with van der Waals surface area (Å²) in [4.78, 5) is 11.6. The third-order valence-corrected chi connectivity index (χ3v) is 3.09. The molecule has 1 atom stereocenters. The highest BCUT2D eigenvalue weighted by atomic mass is 32.2. The third kappa shape index (κ3) is 2.50. The molecule has 1 heterocycles. The van der Waals surface area contributed by atoms with Crippen LogP contribution in [0.25, 0.3) is 0 Å². The number of carbonyl (C=O) groups excluding carboxylic acids is 1. The van der Waals surface area contributed by atoms with Crippen molar-refractivity contribution in [2.75, 3.05) is 11.3 Å². The number of hydrazone groups is 1. The Labute approximate surface area is 104 Å². The number of amidine groups is 1. The zero-order valence-electron chi connectivity index (χ0n) is 9.41. The molecular formula is C12H13N3OS. The number of para-hydroxylation sites is 1. The smallest absolute Gasteiger partial charge is 0.203 e. The number of nitrogens with zero attached hydrogens (tertiary/aromatic N) is 2. The first kappa shape index (κ1) is 11.7. The average Bonchev–Trinajstić information content (AvgIpc) is 2.39. The highest BCUT2D eigenvalue weighted by molar-refractivity contribution is 8.13. The molecule has 0 amide bonds. The summed E-state index contributed by atoms with van der Waals surface area (Å²) in [5.41, 5.74) is 6.72. The van der Waals surface area contributed by atoms with E-state index in [1.807, 2.05) is 30.3 Å². The molecule has 0 bridgehead atoms. The fraction of sp³-hybridized carbons (Fsp3) is 0.167. The Hall–Kier alpha value is -1.75. The van der Waals surface area contributed by atoms with Crippen molar-refractivity contribution in [2.24, 2.45) is 16.8 Å². The summed E-state index contributed by atoms with van der Waals surface area (Å²) in [6.45, 7) is 0. The van der Waals surface area contributed by atoms with E-state index in [2.05, 4.69) is 5.10 Å². The van der Waals surface area contributed by atoms with Crippen LogP contribution >= 0.6 is 11.8 Å². The third-order valence-electron chi connectivity index (χ3n) is 2.44. The second-order valence-corrected chi connectivity index (χ2v) is 4.36. The molecule has 2 rings (SSSR count). The molecular weight excluding hydrogens is 234 g/mol. The molecule has 0 spiro atoms. The number of rotatable bonds is 2. The summed E-state index contributed by atoms with van der Waals surface area (Å²) in [6, 6.07) is 9.64. The highest BCUT2D eigenvalue weighted by Crippen LogP contribution is 2.20. The minimum Gasteiger partial charge on any atom is -0.385 e. The van der Waals surface area contributed by atoms with E-state index in [1.165, 1.54) is 0 Å². The Bertz CT molecular complexity index is 470.